The molecular formula is C20H13F5N4O3. The number of aromatic nitrogens is 3. The molecule has 0 radical (unpaired) electrons. The first-order valence-electron chi connectivity index (χ1n) is 9.40. The van der Waals surface area contributed by atoms with Gasteiger partial charge < -0.3 is 18.7 Å². The summed E-state index contributed by atoms with van der Waals surface area (Å²) in [5, 5.41) is -0.182. The molecule has 4 heterocycles. The third-order valence-corrected chi connectivity index (χ3v) is 5.34. The minimum atomic E-state index is -4.81. The number of H-pyrrole nitrogens is 1. The van der Waals surface area contributed by atoms with Gasteiger partial charge in [-0.1, -0.05) is 18.2 Å². The number of halogens is 5. The molecule has 0 fully saturated rings. The Labute approximate surface area is 175 Å². The third-order valence-electron chi connectivity index (χ3n) is 5.34. The van der Waals surface area contributed by atoms with Gasteiger partial charge in [0.1, 0.15) is 22.9 Å². The maximum Gasteiger partial charge on any atom is 0.420 e. The largest absolute Gasteiger partial charge is 0.458 e. The van der Waals surface area contributed by atoms with Crippen molar-refractivity contribution in [1.29, 1.82) is 0 Å². The summed E-state index contributed by atoms with van der Waals surface area (Å²) < 4.78 is 79.4. The van der Waals surface area contributed by atoms with Crippen LogP contribution in [0.3, 0.4) is 0 Å². The molecule has 5 rings (SSSR count). The summed E-state index contributed by atoms with van der Waals surface area (Å²) in [5.41, 5.74) is -1.33. The van der Waals surface area contributed by atoms with E-state index in [1.807, 2.05) is 0 Å². The van der Waals surface area contributed by atoms with Crippen LogP contribution in [0.25, 0.3) is 11.0 Å². The number of furan rings is 1. The van der Waals surface area contributed by atoms with Gasteiger partial charge in [0.2, 0.25) is 5.76 Å². The monoisotopic (exact) mass is 452 g/mol. The number of nitrogens with zero attached hydrogens (tertiary/aromatic N) is 3. The molecule has 0 bridgehead atoms. The van der Waals surface area contributed by atoms with Crippen LogP contribution in [0.4, 0.5) is 22.0 Å². The number of aromatic amines is 1. The molecule has 1 aliphatic rings. The minimum Gasteiger partial charge on any atom is -0.458 e. The van der Waals surface area contributed by atoms with Gasteiger partial charge in [-0.05, 0) is 6.07 Å². The average Bonchev–Trinajstić information content (AvgIpc) is 3.49. The first-order valence-corrected chi connectivity index (χ1v) is 9.40. The zero-order valence-electron chi connectivity index (χ0n) is 16.0. The topological polar surface area (TPSA) is 88.2 Å². The van der Waals surface area contributed by atoms with E-state index in [0.29, 0.717) is 12.1 Å². The molecule has 1 aliphatic heterocycles. The van der Waals surface area contributed by atoms with Crippen LogP contribution < -0.4 is 0 Å². The van der Waals surface area contributed by atoms with E-state index in [4.69, 9.17) is 8.83 Å². The number of amides is 1. The molecule has 0 unspecified atom stereocenters. The van der Waals surface area contributed by atoms with Crippen LogP contribution in [-0.4, -0.2) is 32.3 Å². The van der Waals surface area contributed by atoms with Crippen molar-refractivity contribution in [2.45, 2.75) is 25.1 Å². The number of imidazole rings is 1. The second kappa shape index (κ2) is 7.18. The van der Waals surface area contributed by atoms with Gasteiger partial charge in [-0.3, -0.25) is 4.79 Å². The van der Waals surface area contributed by atoms with E-state index in [1.54, 1.807) is 0 Å². The van der Waals surface area contributed by atoms with E-state index < -0.39 is 47.3 Å². The molecule has 0 saturated heterocycles. The summed E-state index contributed by atoms with van der Waals surface area (Å²) in [6.07, 6.45) is -5.72. The van der Waals surface area contributed by atoms with Gasteiger partial charge in [0.25, 0.3) is 12.3 Å². The van der Waals surface area contributed by atoms with Crippen LogP contribution >= 0.6 is 0 Å². The molecule has 32 heavy (non-hydrogen) atoms. The fourth-order valence-electron chi connectivity index (χ4n) is 4.01. The lowest BCUT2D eigenvalue weighted by Crippen LogP contribution is -2.41. The highest BCUT2D eigenvalue weighted by Gasteiger charge is 2.46. The molecule has 1 N–H and O–H groups in total. The van der Waals surface area contributed by atoms with Gasteiger partial charge in [-0.2, -0.15) is 13.2 Å². The highest BCUT2D eigenvalue weighted by atomic mass is 19.4. The summed E-state index contributed by atoms with van der Waals surface area (Å²) >= 11 is 0. The number of oxazole rings is 1. The molecule has 7 nitrogen and oxygen atoms in total. The van der Waals surface area contributed by atoms with E-state index in [2.05, 4.69) is 15.0 Å². The predicted molar refractivity (Wildman–Crippen MR) is 97.8 cm³/mol. The van der Waals surface area contributed by atoms with E-state index >= 15 is 0 Å². The molecule has 0 saturated carbocycles. The van der Waals surface area contributed by atoms with Gasteiger partial charge in [0.15, 0.2) is 12.1 Å². The SMILES string of the molecule is O=C(c1ocnc1C(F)F)N1CCc2[nH]cnc2[C@H]1c1oc2ccccc2c1C(F)(F)F. The Morgan fingerprint density at radius 2 is 2.00 bits per heavy atom. The smallest absolute Gasteiger partial charge is 0.420 e. The van der Waals surface area contributed by atoms with Crippen molar-refractivity contribution in [3.8, 4) is 0 Å². The molecule has 4 aromatic rings. The predicted octanol–water partition coefficient (Wildman–Crippen LogP) is 4.89. The number of carbonyl (C=O) groups excluding carboxylic acids is 1. The lowest BCUT2D eigenvalue weighted by Gasteiger charge is -2.33. The van der Waals surface area contributed by atoms with E-state index in [0.717, 1.165) is 4.90 Å². The number of para-hydroxylation sites is 1. The maximum absolute atomic E-state index is 14.1. The van der Waals surface area contributed by atoms with Crippen LogP contribution in [0.5, 0.6) is 0 Å². The Morgan fingerprint density at radius 3 is 2.75 bits per heavy atom. The van der Waals surface area contributed by atoms with Crippen molar-refractivity contribution < 1.29 is 35.6 Å². The van der Waals surface area contributed by atoms with Gasteiger partial charge in [-0.15, -0.1) is 0 Å². The lowest BCUT2D eigenvalue weighted by molar-refractivity contribution is -0.138. The van der Waals surface area contributed by atoms with Crippen molar-refractivity contribution in [2.24, 2.45) is 0 Å². The average molecular weight is 452 g/mol. The van der Waals surface area contributed by atoms with E-state index in [9.17, 15) is 26.7 Å². The van der Waals surface area contributed by atoms with Crippen molar-refractivity contribution in [3.63, 3.8) is 0 Å². The fraction of sp³-hybridized carbons (Fsp3) is 0.250. The van der Waals surface area contributed by atoms with Gasteiger partial charge >= 0.3 is 6.18 Å². The second-order valence-electron chi connectivity index (χ2n) is 7.12. The van der Waals surface area contributed by atoms with Gasteiger partial charge in [-0.25, -0.2) is 18.7 Å². The van der Waals surface area contributed by atoms with Crippen LogP contribution in [0.1, 0.15) is 51.4 Å². The number of hydrogen-bond acceptors (Lipinski definition) is 5. The Morgan fingerprint density at radius 1 is 1.22 bits per heavy atom. The van der Waals surface area contributed by atoms with Crippen molar-refractivity contribution >= 4 is 16.9 Å². The van der Waals surface area contributed by atoms with E-state index in [1.165, 1.54) is 30.6 Å². The van der Waals surface area contributed by atoms with Crippen LogP contribution in [0, 0.1) is 0 Å². The number of fused-ring (bicyclic) bond motifs is 2. The molecule has 1 aromatic carbocycles. The number of nitrogens with one attached hydrogen (secondary N) is 1. The Kier molecular flexibility index (Phi) is 4.53. The zero-order valence-corrected chi connectivity index (χ0v) is 16.0. The molecule has 0 spiro atoms. The van der Waals surface area contributed by atoms with Crippen LogP contribution in [0.15, 0.2) is 45.8 Å². The minimum absolute atomic E-state index is 0.0298. The van der Waals surface area contributed by atoms with Crippen LogP contribution in [0.2, 0.25) is 0 Å². The van der Waals surface area contributed by atoms with Crippen molar-refractivity contribution in [2.75, 3.05) is 6.54 Å². The van der Waals surface area contributed by atoms with E-state index in [-0.39, 0.29) is 29.6 Å². The number of benzene rings is 1. The molecule has 1 amide bonds. The summed E-state index contributed by atoms with van der Waals surface area (Å²) in [7, 11) is 0. The zero-order chi connectivity index (χ0) is 22.6. The van der Waals surface area contributed by atoms with Gasteiger partial charge in [0, 0.05) is 24.0 Å². The highest BCUT2D eigenvalue weighted by molar-refractivity contribution is 5.93. The third kappa shape index (κ3) is 3.05. The first kappa shape index (κ1) is 20.2. The van der Waals surface area contributed by atoms with Gasteiger partial charge in [0.05, 0.1) is 12.0 Å². The first-order chi connectivity index (χ1) is 15.3. The lowest BCUT2D eigenvalue weighted by atomic mass is 9.96. The number of hydrogen-bond donors (Lipinski definition) is 1. The molecule has 3 aromatic heterocycles. The number of rotatable bonds is 3. The van der Waals surface area contributed by atoms with Crippen molar-refractivity contribution in [1.82, 2.24) is 19.9 Å². The Hall–Kier alpha value is -3.70. The highest BCUT2D eigenvalue weighted by Crippen LogP contribution is 2.46. The molecule has 1 atom stereocenters. The Bertz CT molecular complexity index is 1310. The van der Waals surface area contributed by atoms with Crippen LogP contribution in [-0.2, 0) is 12.6 Å². The molecular weight excluding hydrogens is 439 g/mol. The Balaban J connectivity index is 1.72. The normalized spacial score (nSPS) is 16.7. The summed E-state index contributed by atoms with van der Waals surface area (Å²) in [4.78, 5) is 24.5. The number of alkyl halides is 5. The summed E-state index contributed by atoms with van der Waals surface area (Å²) in [6.45, 7) is -0.0869. The number of carbonyl (C=O) groups is 1. The maximum atomic E-state index is 14.1. The second-order valence-corrected chi connectivity index (χ2v) is 7.12. The molecule has 12 heteroatoms. The van der Waals surface area contributed by atoms with Crippen molar-refractivity contribution in [3.05, 3.63) is 71.2 Å². The molecule has 166 valence electrons. The molecule has 0 aliphatic carbocycles. The standard InChI is InChI=1S/C20H13F5N4O3/c21-18(22)14-17(31-8-28-14)19(30)29-6-5-10-13(27-7-26-10)15(29)16-12(20(23,24)25)9-3-1-2-4-11(9)32-16/h1-4,7-8,15,18H,5-6H2,(H,26,27)/t15-/m0/s1. The quantitative estimate of drug-likeness (QED) is 0.448. The summed E-state index contributed by atoms with van der Waals surface area (Å²) in [5.74, 6) is -2.34. The summed E-state index contributed by atoms with van der Waals surface area (Å²) in [6, 6.07) is 4.17. The fourth-order valence-corrected chi connectivity index (χ4v) is 4.01.